The third kappa shape index (κ3) is 6.45. The molecular weight excluding hydrogens is 542 g/mol. The first-order valence-corrected chi connectivity index (χ1v) is 8.98. The minimum absolute atomic E-state index is 0. The van der Waals surface area contributed by atoms with E-state index in [1.54, 1.807) is 0 Å². The van der Waals surface area contributed by atoms with Crippen LogP contribution in [0.15, 0.2) is 0 Å². The molecule has 0 aromatic heterocycles. The summed E-state index contributed by atoms with van der Waals surface area (Å²) < 4.78 is 237. The van der Waals surface area contributed by atoms with Crippen LogP contribution in [0.2, 0.25) is 0 Å². The molecule has 0 radical (unpaired) electrons. The van der Waals surface area contributed by atoms with Crippen LogP contribution >= 0.6 is 0 Å². The molecule has 0 aliphatic carbocycles. The zero-order valence-electron chi connectivity index (χ0n) is 15.1. The molecule has 0 aliphatic heterocycles. The van der Waals surface area contributed by atoms with Gasteiger partial charge in [0.05, 0.1) is 0 Å². The zero-order chi connectivity index (χ0) is 26.2. The van der Waals surface area contributed by atoms with Crippen LogP contribution in [0.1, 0.15) is 0 Å². The smallest absolute Gasteiger partial charge is 0.344 e. The van der Waals surface area contributed by atoms with Gasteiger partial charge in [-0.15, -0.1) is 0 Å². The molecule has 21 heteroatoms. The Morgan fingerprint density at radius 1 is 0.545 bits per heavy atom. The van der Waals surface area contributed by atoms with Crippen molar-refractivity contribution >= 4 is 10.1 Å². The van der Waals surface area contributed by atoms with Crippen LogP contribution in [0.5, 0.6) is 0 Å². The van der Waals surface area contributed by atoms with E-state index in [1.165, 1.54) is 0 Å². The van der Waals surface area contributed by atoms with Gasteiger partial charge >= 0.3 is 27.9 Å². The van der Waals surface area contributed by atoms with Gasteiger partial charge < -0.3 is 6.15 Å². The summed E-state index contributed by atoms with van der Waals surface area (Å²) in [5, 5.41) is 0. The first kappa shape index (κ1) is 33.9. The average Bonchev–Trinajstić information content (AvgIpc) is 2.67. The lowest BCUT2D eigenvalue weighted by Crippen LogP contribution is -2.65. The third-order valence-electron chi connectivity index (χ3n) is 3.77. The van der Waals surface area contributed by atoms with Gasteiger partial charge in [-0.25, -0.2) is 43.9 Å². The first-order valence-electron chi connectivity index (χ1n) is 7.48. The second-order valence-electron chi connectivity index (χ2n) is 6.05. The maximum Gasteiger partial charge on any atom is 0.379 e. The zero-order valence-corrected chi connectivity index (χ0v) is 15.9. The molecule has 0 rings (SSSR count). The predicted octanol–water partition coefficient (Wildman–Crippen LogP) is 4.87. The van der Waals surface area contributed by atoms with Crippen LogP contribution in [0.3, 0.4) is 0 Å². The topological polar surface area (TPSA) is 89.4 Å². The molecule has 4 nitrogen and oxygen atoms in total. The van der Waals surface area contributed by atoms with Gasteiger partial charge in [0.15, 0.2) is 37.0 Å². The summed E-state index contributed by atoms with van der Waals surface area (Å²) in [4.78, 5) is 0. The van der Waals surface area contributed by atoms with Crippen molar-refractivity contribution in [3.05, 3.63) is 0 Å². The lowest BCUT2D eigenvalue weighted by Gasteiger charge is -2.36. The highest BCUT2D eigenvalue weighted by atomic mass is 32.2. The van der Waals surface area contributed by atoms with Crippen molar-refractivity contribution in [1.29, 1.82) is 0 Å². The molecule has 0 spiro atoms. The standard InChI is InChI=1S/C12H10F16O3S.H3N/c13-1(2(14)4(16)6(18)8(20)21)3(15)5(17)7(19)10(23,24)12(27,28)11(25,26)9(22)32(29,30)31;/h1-9H,(H,29,30,31);1H3. The first-order chi connectivity index (χ1) is 14.0. The summed E-state index contributed by atoms with van der Waals surface area (Å²) in [6, 6.07) is 0. The van der Waals surface area contributed by atoms with Gasteiger partial charge in [-0.1, -0.05) is 0 Å². The minimum Gasteiger partial charge on any atom is -0.344 e. The Hall–Kier alpha value is -1.25. The Balaban J connectivity index is 0. The molecule has 8 atom stereocenters. The molecule has 0 heterocycles. The molecule has 0 bridgehead atoms. The van der Waals surface area contributed by atoms with Crippen molar-refractivity contribution in [2.45, 2.75) is 72.9 Å². The fourth-order valence-corrected chi connectivity index (χ4v) is 2.45. The van der Waals surface area contributed by atoms with Crippen molar-refractivity contribution in [3.63, 3.8) is 0 Å². The minimum atomic E-state index is -7.60. The van der Waals surface area contributed by atoms with Gasteiger partial charge in [-0.05, 0) is 0 Å². The monoisotopic (exact) mass is 555 g/mol. The van der Waals surface area contributed by atoms with Crippen LogP contribution in [0, 0.1) is 0 Å². The van der Waals surface area contributed by atoms with E-state index in [1.807, 2.05) is 0 Å². The molecule has 4 N–H and O–H groups in total. The summed E-state index contributed by atoms with van der Waals surface area (Å²) in [6.07, 6.45) is -37.6. The summed E-state index contributed by atoms with van der Waals surface area (Å²) >= 11 is 0. The summed E-state index contributed by atoms with van der Waals surface area (Å²) in [5.41, 5.74) is -5.57. The molecule has 0 aliphatic rings. The molecule has 202 valence electrons. The Kier molecular flexibility index (Phi) is 11.3. The quantitative estimate of drug-likeness (QED) is 0.266. The lowest BCUT2D eigenvalue weighted by molar-refractivity contribution is -0.337. The SMILES string of the molecule is N.O=S(=O)(O)C(F)C(F)(F)C(F)(F)C(F)(F)C(F)C(F)C(F)C(F)C(F)C(F)C(F)C(F)F. The van der Waals surface area contributed by atoms with E-state index >= 15 is 0 Å². The fourth-order valence-electron chi connectivity index (χ4n) is 1.93. The Morgan fingerprint density at radius 2 is 0.848 bits per heavy atom. The Labute approximate surface area is 173 Å². The van der Waals surface area contributed by atoms with Crippen molar-refractivity contribution in [2.24, 2.45) is 0 Å². The summed E-state index contributed by atoms with van der Waals surface area (Å²) in [6.45, 7) is 0. The highest BCUT2D eigenvalue weighted by Gasteiger charge is 2.80. The van der Waals surface area contributed by atoms with E-state index in [0.29, 0.717) is 0 Å². The molecule has 0 saturated heterocycles. The molecular formula is C12H13F16NO3S. The van der Waals surface area contributed by atoms with Gasteiger partial charge in [0, 0.05) is 0 Å². The maximum atomic E-state index is 13.4. The van der Waals surface area contributed by atoms with Crippen LogP contribution in [-0.2, 0) is 10.1 Å². The molecule has 0 fully saturated rings. The second-order valence-corrected chi connectivity index (χ2v) is 7.50. The number of hydrogen-bond acceptors (Lipinski definition) is 3. The largest absolute Gasteiger partial charge is 0.379 e. The molecule has 33 heavy (non-hydrogen) atoms. The van der Waals surface area contributed by atoms with Gasteiger partial charge in [0.1, 0.15) is 0 Å². The number of alkyl halides is 16. The van der Waals surface area contributed by atoms with Gasteiger partial charge in [-0.3, -0.25) is 4.55 Å². The molecule has 8 unspecified atom stereocenters. The highest BCUT2D eigenvalue weighted by Crippen LogP contribution is 2.52. The molecule has 0 aromatic rings. The van der Waals surface area contributed by atoms with Crippen LogP contribution in [-0.4, -0.2) is 85.9 Å². The van der Waals surface area contributed by atoms with E-state index in [9.17, 15) is 78.7 Å². The second kappa shape index (κ2) is 11.0. The van der Waals surface area contributed by atoms with Crippen molar-refractivity contribution < 1.29 is 83.2 Å². The number of rotatable bonds is 12. The lowest BCUT2D eigenvalue weighted by atomic mass is 9.93. The van der Waals surface area contributed by atoms with E-state index in [4.69, 9.17) is 4.55 Å². The fraction of sp³-hybridized carbons (Fsp3) is 1.00. The number of halogens is 16. The Bertz CT molecular complexity index is 724. The molecule has 0 amide bonds. The van der Waals surface area contributed by atoms with Crippen LogP contribution in [0.25, 0.3) is 0 Å². The maximum absolute atomic E-state index is 13.4. The molecule has 0 saturated carbocycles. The van der Waals surface area contributed by atoms with Crippen molar-refractivity contribution in [1.82, 2.24) is 6.15 Å². The normalized spacial score (nSPS) is 21.4. The highest BCUT2D eigenvalue weighted by molar-refractivity contribution is 7.86. The van der Waals surface area contributed by atoms with Crippen molar-refractivity contribution in [3.8, 4) is 0 Å². The molecule has 0 aromatic carbocycles. The van der Waals surface area contributed by atoms with E-state index in [0.717, 1.165) is 0 Å². The Morgan fingerprint density at radius 3 is 1.15 bits per heavy atom. The van der Waals surface area contributed by atoms with Gasteiger partial charge in [-0.2, -0.15) is 34.8 Å². The third-order valence-corrected chi connectivity index (χ3v) is 4.59. The van der Waals surface area contributed by atoms with Crippen molar-refractivity contribution in [2.75, 3.05) is 0 Å². The average molecular weight is 555 g/mol. The van der Waals surface area contributed by atoms with Gasteiger partial charge in [0.25, 0.3) is 11.9 Å². The van der Waals surface area contributed by atoms with E-state index in [2.05, 4.69) is 0 Å². The predicted molar refractivity (Wildman–Crippen MR) is 76.6 cm³/mol. The summed E-state index contributed by atoms with van der Waals surface area (Å²) in [7, 11) is -6.88. The van der Waals surface area contributed by atoms with E-state index in [-0.39, 0.29) is 6.15 Å². The van der Waals surface area contributed by atoms with Crippen LogP contribution in [0.4, 0.5) is 70.2 Å². The summed E-state index contributed by atoms with van der Waals surface area (Å²) in [5.74, 6) is -22.1. The van der Waals surface area contributed by atoms with E-state index < -0.39 is 83.0 Å². The number of hydrogen-bond donors (Lipinski definition) is 2. The van der Waals surface area contributed by atoms with Gasteiger partial charge in [0.2, 0.25) is 6.17 Å². The van der Waals surface area contributed by atoms with Crippen LogP contribution < -0.4 is 6.15 Å².